The zero-order valence-corrected chi connectivity index (χ0v) is 15.8. The van der Waals surface area contributed by atoms with Gasteiger partial charge in [-0.1, -0.05) is 0 Å². The highest BCUT2D eigenvalue weighted by Gasteiger charge is 2.41. The Labute approximate surface area is 167 Å². The molecular weight excluding hydrogens is 366 g/mol. The maximum Gasteiger partial charge on any atom is 0.252 e. The van der Waals surface area contributed by atoms with Crippen LogP contribution < -0.4 is 16.0 Å². The van der Waals surface area contributed by atoms with Crippen molar-refractivity contribution in [1.82, 2.24) is 14.6 Å². The number of pyridine rings is 1. The molecule has 3 atom stereocenters. The van der Waals surface area contributed by atoms with E-state index in [0.29, 0.717) is 23.2 Å². The van der Waals surface area contributed by atoms with E-state index in [0.717, 1.165) is 42.7 Å². The Bertz CT molecular complexity index is 1100. The van der Waals surface area contributed by atoms with Crippen LogP contribution in [-0.2, 0) is 0 Å². The molecule has 2 aliphatic heterocycles. The third-order valence-corrected chi connectivity index (χ3v) is 6.05. The summed E-state index contributed by atoms with van der Waals surface area (Å²) in [5, 5.41) is 16.9. The first-order valence-electron chi connectivity index (χ1n) is 9.81. The summed E-state index contributed by atoms with van der Waals surface area (Å²) in [7, 11) is 0. The van der Waals surface area contributed by atoms with Gasteiger partial charge in [0.15, 0.2) is 0 Å². The molecule has 2 bridgehead atoms. The highest BCUT2D eigenvalue weighted by Crippen LogP contribution is 2.40. The van der Waals surface area contributed by atoms with Gasteiger partial charge in [-0.15, -0.1) is 0 Å². The van der Waals surface area contributed by atoms with Crippen LogP contribution in [0.4, 0.5) is 11.5 Å². The van der Waals surface area contributed by atoms with Crippen LogP contribution in [0.1, 0.15) is 41.6 Å². The van der Waals surface area contributed by atoms with E-state index in [-0.39, 0.29) is 6.04 Å². The van der Waals surface area contributed by atoms with Gasteiger partial charge in [0, 0.05) is 30.5 Å². The number of fused-ring (bicyclic) bond motifs is 3. The standard InChI is InChI=1S/C21H21N7O/c22-10-13-3-6-19(24-11-13)28-15-4-5-16(28)9-14(8-15)26-20-17(21(23)29)12-25-27-7-1-2-18(20)27/h1-3,6-7,11-12,14-16,26H,4-5,8-9H2,(H2,23,29)/t14?,15-,16+. The van der Waals surface area contributed by atoms with E-state index in [4.69, 9.17) is 11.0 Å². The Kier molecular flexibility index (Phi) is 4.09. The van der Waals surface area contributed by atoms with Crippen LogP contribution in [0.25, 0.3) is 5.52 Å². The fourth-order valence-electron chi connectivity index (χ4n) is 4.81. The lowest BCUT2D eigenvalue weighted by molar-refractivity contribution is 0.100. The topological polar surface area (TPSA) is 112 Å². The average molecular weight is 387 g/mol. The third kappa shape index (κ3) is 2.95. The van der Waals surface area contributed by atoms with Crippen molar-refractivity contribution in [3.05, 3.63) is 54.0 Å². The number of piperidine rings is 1. The second-order valence-corrected chi connectivity index (χ2v) is 7.76. The molecule has 2 saturated heterocycles. The van der Waals surface area contributed by atoms with Gasteiger partial charge < -0.3 is 16.0 Å². The van der Waals surface area contributed by atoms with Crippen LogP contribution in [0.3, 0.4) is 0 Å². The number of rotatable bonds is 4. The molecule has 1 unspecified atom stereocenters. The largest absolute Gasteiger partial charge is 0.380 e. The van der Waals surface area contributed by atoms with Gasteiger partial charge in [0.2, 0.25) is 0 Å². The molecule has 146 valence electrons. The van der Waals surface area contributed by atoms with Gasteiger partial charge in [-0.3, -0.25) is 4.79 Å². The number of primary amides is 1. The zero-order chi connectivity index (χ0) is 20.0. The number of carbonyl (C=O) groups is 1. The lowest BCUT2D eigenvalue weighted by Crippen LogP contribution is -2.47. The molecule has 29 heavy (non-hydrogen) atoms. The van der Waals surface area contributed by atoms with Crippen molar-refractivity contribution in [3.63, 3.8) is 0 Å². The van der Waals surface area contributed by atoms with Crippen molar-refractivity contribution in [1.29, 1.82) is 5.26 Å². The minimum absolute atomic E-state index is 0.237. The van der Waals surface area contributed by atoms with Gasteiger partial charge in [-0.25, -0.2) is 9.50 Å². The van der Waals surface area contributed by atoms with E-state index < -0.39 is 5.91 Å². The van der Waals surface area contributed by atoms with E-state index >= 15 is 0 Å². The van der Waals surface area contributed by atoms with Crippen molar-refractivity contribution in [2.45, 2.75) is 43.8 Å². The van der Waals surface area contributed by atoms with E-state index in [1.54, 1.807) is 10.7 Å². The lowest BCUT2D eigenvalue weighted by Gasteiger charge is -2.40. The van der Waals surface area contributed by atoms with Crippen LogP contribution in [0.2, 0.25) is 0 Å². The van der Waals surface area contributed by atoms with E-state index in [1.165, 1.54) is 6.20 Å². The van der Waals surface area contributed by atoms with Crippen molar-refractivity contribution < 1.29 is 4.79 Å². The van der Waals surface area contributed by atoms with Gasteiger partial charge in [-0.2, -0.15) is 10.4 Å². The number of amides is 1. The second kappa shape index (κ2) is 6.78. The molecule has 8 nitrogen and oxygen atoms in total. The quantitative estimate of drug-likeness (QED) is 0.710. The molecule has 2 aliphatic rings. The third-order valence-electron chi connectivity index (χ3n) is 6.05. The summed E-state index contributed by atoms with van der Waals surface area (Å²) in [6, 6.07) is 10.7. The normalized spacial score (nSPS) is 23.1. The maximum atomic E-state index is 12.0. The van der Waals surface area contributed by atoms with Crippen LogP contribution in [0.15, 0.2) is 42.9 Å². The van der Waals surface area contributed by atoms with Crippen molar-refractivity contribution >= 4 is 22.9 Å². The van der Waals surface area contributed by atoms with Gasteiger partial charge in [0.25, 0.3) is 5.91 Å². The molecule has 0 saturated carbocycles. The Morgan fingerprint density at radius 1 is 1.21 bits per heavy atom. The fraction of sp³-hybridized carbons (Fsp3) is 0.333. The molecule has 2 fully saturated rings. The predicted octanol–water partition coefficient (Wildman–Crippen LogP) is 2.31. The summed E-state index contributed by atoms with van der Waals surface area (Å²) in [4.78, 5) is 18.9. The number of hydrogen-bond donors (Lipinski definition) is 2. The minimum Gasteiger partial charge on any atom is -0.380 e. The molecule has 8 heteroatoms. The molecule has 0 aliphatic carbocycles. The van der Waals surface area contributed by atoms with E-state index in [2.05, 4.69) is 26.4 Å². The van der Waals surface area contributed by atoms with Crippen LogP contribution in [0, 0.1) is 11.3 Å². The molecular formula is C21H21N7O. The molecule has 5 heterocycles. The number of nitrogens with two attached hydrogens (primary N) is 1. The molecule has 0 spiro atoms. The summed E-state index contributed by atoms with van der Waals surface area (Å²) in [5.74, 6) is 0.455. The maximum absolute atomic E-state index is 12.0. The smallest absolute Gasteiger partial charge is 0.252 e. The lowest BCUT2D eigenvalue weighted by atomic mass is 9.96. The number of nitrogens with zero attached hydrogens (tertiary/aromatic N) is 5. The Balaban J connectivity index is 1.40. The van der Waals surface area contributed by atoms with Crippen molar-refractivity contribution in [2.24, 2.45) is 5.73 Å². The van der Waals surface area contributed by atoms with Crippen molar-refractivity contribution in [3.8, 4) is 6.07 Å². The van der Waals surface area contributed by atoms with Crippen LogP contribution >= 0.6 is 0 Å². The first-order chi connectivity index (χ1) is 14.1. The predicted molar refractivity (Wildman–Crippen MR) is 109 cm³/mol. The number of hydrogen-bond acceptors (Lipinski definition) is 6. The number of carbonyl (C=O) groups excluding carboxylic acids is 1. The fourth-order valence-corrected chi connectivity index (χ4v) is 4.81. The molecule has 3 aromatic heterocycles. The molecule has 0 aromatic carbocycles. The van der Waals surface area contributed by atoms with Gasteiger partial charge in [0.05, 0.1) is 28.5 Å². The summed E-state index contributed by atoms with van der Waals surface area (Å²) in [6.45, 7) is 0. The zero-order valence-electron chi connectivity index (χ0n) is 15.8. The van der Waals surface area contributed by atoms with E-state index in [1.807, 2.05) is 30.5 Å². The molecule has 1 amide bonds. The van der Waals surface area contributed by atoms with Crippen molar-refractivity contribution in [2.75, 3.05) is 10.2 Å². The summed E-state index contributed by atoms with van der Waals surface area (Å²) >= 11 is 0. The van der Waals surface area contributed by atoms with Gasteiger partial charge in [-0.05, 0) is 49.9 Å². The highest BCUT2D eigenvalue weighted by atomic mass is 16.1. The molecule has 3 N–H and O–H groups in total. The first-order valence-corrected chi connectivity index (χ1v) is 9.81. The first kappa shape index (κ1) is 17.5. The van der Waals surface area contributed by atoms with Crippen LogP contribution in [-0.4, -0.2) is 38.6 Å². The van der Waals surface area contributed by atoms with Gasteiger partial charge in [0.1, 0.15) is 11.9 Å². The monoisotopic (exact) mass is 387 g/mol. The number of anilines is 2. The van der Waals surface area contributed by atoms with Crippen LogP contribution in [0.5, 0.6) is 0 Å². The second-order valence-electron chi connectivity index (χ2n) is 7.76. The molecule has 0 radical (unpaired) electrons. The SMILES string of the molecule is N#Cc1ccc(N2[C@@H]3CC[C@H]2CC(Nc2c(C(N)=O)cnn4cccc24)C3)nc1. The number of aromatic nitrogens is 3. The molecule has 5 rings (SSSR count). The number of nitrogens with one attached hydrogen (secondary N) is 1. The summed E-state index contributed by atoms with van der Waals surface area (Å²) in [6.07, 6.45) is 9.15. The Hall–Kier alpha value is -3.60. The van der Waals surface area contributed by atoms with E-state index in [9.17, 15) is 4.79 Å². The summed E-state index contributed by atoms with van der Waals surface area (Å²) < 4.78 is 1.75. The number of nitriles is 1. The Morgan fingerprint density at radius 3 is 2.66 bits per heavy atom. The Morgan fingerprint density at radius 2 is 2.00 bits per heavy atom. The highest BCUT2D eigenvalue weighted by molar-refractivity contribution is 6.01. The average Bonchev–Trinajstić information content (AvgIpc) is 3.31. The summed E-state index contributed by atoms with van der Waals surface area (Å²) in [5.41, 5.74) is 8.20. The minimum atomic E-state index is -0.481. The molecule has 3 aromatic rings. The van der Waals surface area contributed by atoms with Gasteiger partial charge >= 0.3 is 0 Å².